The van der Waals surface area contributed by atoms with Crippen LogP contribution in [0.2, 0.25) is 0 Å². The summed E-state index contributed by atoms with van der Waals surface area (Å²) in [5, 5.41) is 5.48. The van der Waals surface area contributed by atoms with Crippen molar-refractivity contribution in [2.75, 3.05) is 13.1 Å². The van der Waals surface area contributed by atoms with Crippen LogP contribution in [0.5, 0.6) is 0 Å². The molecule has 0 aliphatic rings. The fourth-order valence-electron chi connectivity index (χ4n) is 2.30. The highest BCUT2D eigenvalue weighted by atomic mass is 32.1. The van der Waals surface area contributed by atoms with Gasteiger partial charge in [-0.05, 0) is 48.5 Å². The van der Waals surface area contributed by atoms with Crippen LogP contribution in [0.25, 0.3) is 16.8 Å². The van der Waals surface area contributed by atoms with E-state index >= 15 is 0 Å². The molecule has 22 heavy (non-hydrogen) atoms. The summed E-state index contributed by atoms with van der Waals surface area (Å²) in [5.74, 6) is -0.204. The average molecular weight is 312 g/mol. The monoisotopic (exact) mass is 312 g/mol. The Morgan fingerprint density at radius 1 is 1.14 bits per heavy atom. The SMILES string of the molecule is CCN(CC)C(=S)NC(=O)/C=C/c1cccc2ccccc12. The van der Waals surface area contributed by atoms with Gasteiger partial charge in [-0.2, -0.15) is 0 Å². The van der Waals surface area contributed by atoms with E-state index in [9.17, 15) is 4.79 Å². The number of carbonyl (C=O) groups excluding carboxylic acids is 1. The molecule has 0 spiro atoms. The largest absolute Gasteiger partial charge is 0.350 e. The van der Waals surface area contributed by atoms with Crippen molar-refractivity contribution in [3.8, 4) is 0 Å². The summed E-state index contributed by atoms with van der Waals surface area (Å²) in [6, 6.07) is 14.1. The highest BCUT2D eigenvalue weighted by Crippen LogP contribution is 2.19. The quantitative estimate of drug-likeness (QED) is 0.691. The normalized spacial score (nSPS) is 10.8. The van der Waals surface area contributed by atoms with Crippen LogP contribution in [-0.4, -0.2) is 29.0 Å². The molecule has 1 N–H and O–H groups in total. The molecule has 0 fully saturated rings. The van der Waals surface area contributed by atoms with Crippen LogP contribution < -0.4 is 5.32 Å². The number of hydrogen-bond acceptors (Lipinski definition) is 2. The van der Waals surface area contributed by atoms with Gasteiger partial charge in [0.2, 0.25) is 5.91 Å². The van der Waals surface area contributed by atoms with Crippen molar-refractivity contribution < 1.29 is 4.79 Å². The van der Waals surface area contributed by atoms with E-state index in [1.54, 1.807) is 0 Å². The van der Waals surface area contributed by atoms with Crippen molar-refractivity contribution in [1.82, 2.24) is 10.2 Å². The molecule has 0 atom stereocenters. The lowest BCUT2D eigenvalue weighted by atomic mass is 10.0. The third-order valence-corrected chi connectivity index (χ3v) is 3.88. The van der Waals surface area contributed by atoms with Crippen molar-refractivity contribution >= 4 is 40.1 Å². The number of nitrogens with one attached hydrogen (secondary N) is 1. The molecule has 0 saturated carbocycles. The Kier molecular flexibility index (Phi) is 5.67. The molecular formula is C18H20N2OS. The lowest BCUT2D eigenvalue weighted by molar-refractivity contribution is -0.115. The van der Waals surface area contributed by atoms with E-state index in [1.807, 2.05) is 55.2 Å². The van der Waals surface area contributed by atoms with Crippen LogP contribution in [0.15, 0.2) is 48.5 Å². The number of amides is 1. The number of rotatable bonds is 4. The molecule has 0 radical (unpaired) electrons. The Balaban J connectivity index is 2.10. The van der Waals surface area contributed by atoms with E-state index in [2.05, 4.69) is 17.4 Å². The molecule has 2 aromatic carbocycles. The van der Waals surface area contributed by atoms with Gasteiger partial charge in [-0.15, -0.1) is 0 Å². The molecule has 0 saturated heterocycles. The first-order valence-corrected chi connectivity index (χ1v) is 7.82. The molecule has 0 heterocycles. The van der Waals surface area contributed by atoms with Gasteiger partial charge in [0.05, 0.1) is 0 Å². The fraction of sp³-hybridized carbons (Fsp3) is 0.222. The Morgan fingerprint density at radius 3 is 2.55 bits per heavy atom. The van der Waals surface area contributed by atoms with Crippen molar-refractivity contribution in [3.05, 3.63) is 54.1 Å². The minimum absolute atomic E-state index is 0.204. The van der Waals surface area contributed by atoms with Crippen LogP contribution in [0.3, 0.4) is 0 Å². The van der Waals surface area contributed by atoms with Gasteiger partial charge in [0.15, 0.2) is 5.11 Å². The topological polar surface area (TPSA) is 32.3 Å². The molecule has 2 rings (SSSR count). The van der Waals surface area contributed by atoms with Crippen molar-refractivity contribution in [2.45, 2.75) is 13.8 Å². The molecule has 0 unspecified atom stereocenters. The predicted molar refractivity (Wildman–Crippen MR) is 96.6 cm³/mol. The predicted octanol–water partition coefficient (Wildman–Crippen LogP) is 3.60. The summed E-state index contributed by atoms with van der Waals surface area (Å²) in [4.78, 5) is 13.9. The highest BCUT2D eigenvalue weighted by molar-refractivity contribution is 7.80. The van der Waals surface area contributed by atoms with Crippen molar-refractivity contribution in [1.29, 1.82) is 0 Å². The highest BCUT2D eigenvalue weighted by Gasteiger charge is 2.07. The van der Waals surface area contributed by atoms with Gasteiger partial charge in [0, 0.05) is 19.2 Å². The molecule has 0 bridgehead atoms. The second kappa shape index (κ2) is 7.71. The Labute approximate surface area is 136 Å². The average Bonchev–Trinajstić information content (AvgIpc) is 2.54. The third kappa shape index (κ3) is 3.92. The summed E-state index contributed by atoms with van der Waals surface area (Å²) in [6.07, 6.45) is 3.35. The molecule has 3 nitrogen and oxygen atoms in total. The van der Waals surface area contributed by atoms with E-state index in [0.29, 0.717) is 5.11 Å². The number of benzene rings is 2. The van der Waals surface area contributed by atoms with E-state index in [4.69, 9.17) is 12.2 Å². The first-order chi connectivity index (χ1) is 10.7. The maximum Gasteiger partial charge on any atom is 0.250 e. The van der Waals surface area contributed by atoms with E-state index < -0.39 is 0 Å². The lowest BCUT2D eigenvalue weighted by Gasteiger charge is -2.21. The molecule has 0 aromatic heterocycles. The van der Waals surface area contributed by atoms with Gasteiger partial charge in [-0.1, -0.05) is 42.5 Å². The summed E-state index contributed by atoms with van der Waals surface area (Å²) in [7, 11) is 0. The van der Waals surface area contributed by atoms with Crippen LogP contribution in [0, 0.1) is 0 Å². The number of thiocarbonyl (C=S) groups is 1. The van der Waals surface area contributed by atoms with Crippen LogP contribution in [0.4, 0.5) is 0 Å². The van der Waals surface area contributed by atoms with Gasteiger partial charge in [0.25, 0.3) is 0 Å². The van der Waals surface area contributed by atoms with Gasteiger partial charge in [0.1, 0.15) is 0 Å². The number of nitrogens with zero attached hydrogens (tertiary/aromatic N) is 1. The maximum atomic E-state index is 12.0. The number of hydrogen-bond donors (Lipinski definition) is 1. The number of carbonyl (C=O) groups is 1. The van der Waals surface area contributed by atoms with Gasteiger partial charge >= 0.3 is 0 Å². The molecule has 1 amide bonds. The van der Waals surface area contributed by atoms with Crippen LogP contribution in [0.1, 0.15) is 19.4 Å². The summed E-state index contributed by atoms with van der Waals surface area (Å²) in [5.41, 5.74) is 1.02. The molecular weight excluding hydrogens is 292 g/mol. The molecule has 2 aromatic rings. The minimum Gasteiger partial charge on any atom is -0.350 e. The van der Waals surface area contributed by atoms with Gasteiger partial charge in [-0.25, -0.2) is 0 Å². The molecule has 0 aliphatic heterocycles. The van der Waals surface area contributed by atoms with Crippen molar-refractivity contribution in [3.63, 3.8) is 0 Å². The minimum atomic E-state index is -0.204. The van der Waals surface area contributed by atoms with E-state index in [-0.39, 0.29) is 5.91 Å². The Morgan fingerprint density at radius 2 is 1.82 bits per heavy atom. The Bertz CT molecular complexity index is 700. The lowest BCUT2D eigenvalue weighted by Crippen LogP contribution is -2.41. The molecule has 4 heteroatoms. The van der Waals surface area contributed by atoms with Crippen molar-refractivity contribution in [2.24, 2.45) is 0 Å². The smallest absolute Gasteiger partial charge is 0.250 e. The fourth-order valence-corrected chi connectivity index (χ4v) is 2.66. The van der Waals surface area contributed by atoms with Gasteiger partial charge < -0.3 is 4.90 Å². The van der Waals surface area contributed by atoms with E-state index in [0.717, 1.165) is 29.4 Å². The summed E-state index contributed by atoms with van der Waals surface area (Å²) in [6.45, 7) is 5.58. The zero-order chi connectivity index (χ0) is 15.9. The summed E-state index contributed by atoms with van der Waals surface area (Å²) >= 11 is 5.22. The first-order valence-electron chi connectivity index (χ1n) is 7.41. The maximum absolute atomic E-state index is 12.0. The van der Waals surface area contributed by atoms with Crippen LogP contribution >= 0.6 is 12.2 Å². The second-order valence-electron chi connectivity index (χ2n) is 4.87. The Hall–Kier alpha value is -2.20. The summed E-state index contributed by atoms with van der Waals surface area (Å²) < 4.78 is 0. The standard InChI is InChI=1S/C18H20N2OS/c1-3-20(4-2)18(22)19-17(21)13-12-15-10-7-9-14-8-5-6-11-16(14)15/h5-13H,3-4H2,1-2H3,(H,19,21,22)/b13-12+. The zero-order valence-corrected chi connectivity index (χ0v) is 13.7. The molecule has 114 valence electrons. The molecule has 0 aliphatic carbocycles. The number of fused-ring (bicyclic) bond motifs is 1. The van der Waals surface area contributed by atoms with Gasteiger partial charge in [-0.3, -0.25) is 10.1 Å². The van der Waals surface area contributed by atoms with Crippen LogP contribution in [-0.2, 0) is 4.79 Å². The third-order valence-electron chi connectivity index (χ3n) is 3.52. The first kappa shape index (κ1) is 16.2. The zero-order valence-electron chi connectivity index (χ0n) is 12.9. The van der Waals surface area contributed by atoms with E-state index in [1.165, 1.54) is 6.08 Å². The second-order valence-corrected chi connectivity index (χ2v) is 5.26.